The molecule has 2 aromatic heterocycles. The summed E-state index contributed by atoms with van der Waals surface area (Å²) in [4.78, 5) is 1.24. The third-order valence-corrected chi connectivity index (χ3v) is 3.98. The summed E-state index contributed by atoms with van der Waals surface area (Å²) >= 11 is 8.85. The predicted octanol–water partition coefficient (Wildman–Crippen LogP) is 3.10. The molecule has 0 fully saturated rings. The van der Waals surface area contributed by atoms with Gasteiger partial charge in [-0.1, -0.05) is 16.1 Å². The van der Waals surface area contributed by atoms with E-state index in [1.807, 2.05) is 17.5 Å². The molecule has 3 nitrogen and oxygen atoms in total. The molecule has 2 heterocycles. The summed E-state index contributed by atoms with van der Waals surface area (Å²) in [7, 11) is 0. The van der Waals surface area contributed by atoms with E-state index in [0.717, 1.165) is 16.6 Å². The molecule has 0 radical (unpaired) electrons. The van der Waals surface area contributed by atoms with Crippen molar-refractivity contribution in [3.05, 3.63) is 32.4 Å². The second kappa shape index (κ2) is 5.03. The highest BCUT2D eigenvalue weighted by Crippen LogP contribution is 2.26. The van der Waals surface area contributed by atoms with Crippen LogP contribution in [0.3, 0.4) is 0 Å². The molecule has 80 valence electrons. The van der Waals surface area contributed by atoms with Crippen molar-refractivity contribution >= 4 is 34.5 Å². The second-order valence-electron chi connectivity index (χ2n) is 3.14. The fourth-order valence-electron chi connectivity index (χ4n) is 1.18. The van der Waals surface area contributed by atoms with Gasteiger partial charge in [-0.3, -0.25) is 0 Å². The van der Waals surface area contributed by atoms with Crippen molar-refractivity contribution in [2.75, 3.05) is 0 Å². The SMILES string of the molecule is CC(NCc1csnn1)c1ccc(Cl)s1. The van der Waals surface area contributed by atoms with Crippen molar-refractivity contribution in [3.8, 4) is 0 Å². The van der Waals surface area contributed by atoms with Crippen LogP contribution in [-0.4, -0.2) is 9.59 Å². The Bertz CT molecular complexity index is 413. The molecular weight excluding hydrogens is 250 g/mol. The van der Waals surface area contributed by atoms with Gasteiger partial charge in [-0.2, -0.15) is 0 Å². The Morgan fingerprint density at radius 3 is 3.00 bits per heavy atom. The number of nitrogens with zero attached hydrogens (tertiary/aromatic N) is 2. The van der Waals surface area contributed by atoms with Crippen molar-refractivity contribution in [2.45, 2.75) is 19.5 Å². The standard InChI is InChI=1S/C9H10ClN3S2/c1-6(8-2-3-9(10)15-8)11-4-7-5-14-13-12-7/h2-3,5-6,11H,4H2,1H3. The maximum Gasteiger partial charge on any atom is 0.0931 e. The van der Waals surface area contributed by atoms with Gasteiger partial charge in [0.2, 0.25) is 0 Å². The summed E-state index contributed by atoms with van der Waals surface area (Å²) in [5.74, 6) is 0. The maximum atomic E-state index is 5.87. The van der Waals surface area contributed by atoms with E-state index in [1.165, 1.54) is 16.4 Å². The van der Waals surface area contributed by atoms with Crippen molar-refractivity contribution in [1.82, 2.24) is 14.9 Å². The molecular formula is C9H10ClN3S2. The van der Waals surface area contributed by atoms with Crippen LogP contribution in [0.2, 0.25) is 4.34 Å². The van der Waals surface area contributed by atoms with Gasteiger partial charge in [-0.25, -0.2) is 0 Å². The quantitative estimate of drug-likeness (QED) is 0.917. The summed E-state index contributed by atoms with van der Waals surface area (Å²) in [5, 5.41) is 9.29. The van der Waals surface area contributed by atoms with Gasteiger partial charge in [0.05, 0.1) is 10.0 Å². The van der Waals surface area contributed by atoms with Crippen LogP contribution in [0.1, 0.15) is 23.5 Å². The number of rotatable bonds is 4. The summed E-state index contributed by atoms with van der Waals surface area (Å²) in [5.41, 5.74) is 0.981. The largest absolute Gasteiger partial charge is 0.304 e. The maximum absolute atomic E-state index is 5.87. The number of thiophene rings is 1. The molecule has 2 rings (SSSR count). The molecule has 6 heteroatoms. The predicted molar refractivity (Wildman–Crippen MR) is 64.5 cm³/mol. The zero-order chi connectivity index (χ0) is 10.7. The number of nitrogens with one attached hydrogen (secondary N) is 1. The minimum absolute atomic E-state index is 0.296. The topological polar surface area (TPSA) is 37.8 Å². The van der Waals surface area contributed by atoms with Crippen LogP contribution in [0.5, 0.6) is 0 Å². The molecule has 0 spiro atoms. The molecule has 0 aliphatic heterocycles. The van der Waals surface area contributed by atoms with Crippen LogP contribution in [0.15, 0.2) is 17.5 Å². The van der Waals surface area contributed by atoms with E-state index in [9.17, 15) is 0 Å². The molecule has 0 aliphatic carbocycles. The fraction of sp³-hybridized carbons (Fsp3) is 0.333. The molecule has 15 heavy (non-hydrogen) atoms. The van der Waals surface area contributed by atoms with E-state index in [4.69, 9.17) is 11.6 Å². The number of hydrogen-bond acceptors (Lipinski definition) is 5. The zero-order valence-electron chi connectivity index (χ0n) is 8.11. The monoisotopic (exact) mass is 259 g/mol. The molecule has 0 bridgehead atoms. The minimum Gasteiger partial charge on any atom is -0.304 e. The summed E-state index contributed by atoms with van der Waals surface area (Å²) < 4.78 is 4.64. The molecule has 0 saturated carbocycles. The van der Waals surface area contributed by atoms with E-state index in [0.29, 0.717) is 6.04 Å². The smallest absolute Gasteiger partial charge is 0.0931 e. The van der Waals surface area contributed by atoms with Crippen molar-refractivity contribution in [2.24, 2.45) is 0 Å². The molecule has 0 aromatic carbocycles. The molecule has 1 unspecified atom stereocenters. The Balaban J connectivity index is 1.90. The van der Waals surface area contributed by atoms with Gasteiger partial charge in [-0.15, -0.1) is 16.4 Å². The summed E-state index contributed by atoms with van der Waals surface area (Å²) in [6, 6.07) is 4.26. The first kappa shape index (κ1) is 11.0. The first-order chi connectivity index (χ1) is 7.25. The fourth-order valence-corrected chi connectivity index (χ4v) is 2.72. The van der Waals surface area contributed by atoms with E-state index in [2.05, 4.69) is 21.8 Å². The Hall–Kier alpha value is -0.490. The third kappa shape index (κ3) is 2.98. The Morgan fingerprint density at radius 2 is 2.40 bits per heavy atom. The van der Waals surface area contributed by atoms with Crippen LogP contribution < -0.4 is 5.32 Å². The summed E-state index contributed by atoms with van der Waals surface area (Å²) in [6.45, 7) is 2.86. The molecule has 1 atom stereocenters. The lowest BCUT2D eigenvalue weighted by molar-refractivity contribution is 0.575. The molecule has 0 aliphatic rings. The van der Waals surface area contributed by atoms with Gasteiger partial charge in [0.25, 0.3) is 0 Å². The van der Waals surface area contributed by atoms with Crippen molar-refractivity contribution in [1.29, 1.82) is 0 Å². The van der Waals surface area contributed by atoms with E-state index >= 15 is 0 Å². The lowest BCUT2D eigenvalue weighted by Gasteiger charge is -2.09. The van der Waals surface area contributed by atoms with Gasteiger partial charge >= 0.3 is 0 Å². The van der Waals surface area contributed by atoms with E-state index in [-0.39, 0.29) is 0 Å². The zero-order valence-corrected chi connectivity index (χ0v) is 10.5. The minimum atomic E-state index is 0.296. The van der Waals surface area contributed by atoms with Gasteiger partial charge in [0, 0.05) is 22.8 Å². The van der Waals surface area contributed by atoms with Gasteiger partial charge in [0.15, 0.2) is 0 Å². The lowest BCUT2D eigenvalue weighted by atomic mass is 10.3. The summed E-state index contributed by atoms with van der Waals surface area (Å²) in [6.07, 6.45) is 0. The van der Waals surface area contributed by atoms with Crippen molar-refractivity contribution in [3.63, 3.8) is 0 Å². The van der Waals surface area contributed by atoms with Crippen LogP contribution in [0.4, 0.5) is 0 Å². The number of hydrogen-bond donors (Lipinski definition) is 1. The highest BCUT2D eigenvalue weighted by molar-refractivity contribution is 7.16. The van der Waals surface area contributed by atoms with E-state index in [1.54, 1.807) is 11.3 Å². The van der Waals surface area contributed by atoms with Gasteiger partial charge in [0.1, 0.15) is 0 Å². The second-order valence-corrected chi connectivity index (χ2v) is 5.50. The first-order valence-corrected chi connectivity index (χ1v) is 6.53. The molecule has 1 N–H and O–H groups in total. The Labute approximate surface area is 101 Å². The Morgan fingerprint density at radius 1 is 1.53 bits per heavy atom. The molecule has 0 saturated heterocycles. The first-order valence-electron chi connectivity index (χ1n) is 4.50. The lowest BCUT2D eigenvalue weighted by Crippen LogP contribution is -2.17. The van der Waals surface area contributed by atoms with Gasteiger partial charge < -0.3 is 5.32 Å². The number of aromatic nitrogens is 2. The number of halogens is 1. The van der Waals surface area contributed by atoms with Crippen LogP contribution in [0, 0.1) is 0 Å². The third-order valence-electron chi connectivity index (χ3n) is 2.02. The van der Waals surface area contributed by atoms with E-state index < -0.39 is 0 Å². The average Bonchev–Trinajstić information content (AvgIpc) is 2.84. The highest BCUT2D eigenvalue weighted by atomic mass is 35.5. The van der Waals surface area contributed by atoms with Gasteiger partial charge in [-0.05, 0) is 30.6 Å². The molecule has 0 amide bonds. The van der Waals surface area contributed by atoms with Crippen molar-refractivity contribution < 1.29 is 0 Å². The van der Waals surface area contributed by atoms with Crippen LogP contribution in [0.25, 0.3) is 0 Å². The van der Waals surface area contributed by atoms with Crippen LogP contribution >= 0.6 is 34.5 Å². The molecule has 2 aromatic rings. The Kier molecular flexibility index (Phi) is 3.69. The van der Waals surface area contributed by atoms with Crippen LogP contribution in [-0.2, 0) is 6.54 Å². The average molecular weight is 260 g/mol. The highest BCUT2D eigenvalue weighted by Gasteiger charge is 2.08. The normalized spacial score (nSPS) is 12.9.